The molecule has 10 nitrogen and oxygen atoms in total. The third kappa shape index (κ3) is 9.35. The smallest absolute Gasteiger partial charge is 0.319 e. The fraction of sp³-hybridized carbons (Fsp3) is 0.160. The van der Waals surface area contributed by atoms with Crippen LogP contribution in [0.5, 0.6) is 0 Å². The predicted octanol–water partition coefficient (Wildman–Crippen LogP) is 5.29. The van der Waals surface area contributed by atoms with Gasteiger partial charge in [0.05, 0.1) is 0 Å². The first-order valence-electron chi connectivity index (χ1n) is 11.1. The first-order chi connectivity index (χ1) is 17.6. The minimum Gasteiger partial charge on any atom is -0.399 e. The van der Waals surface area contributed by atoms with E-state index in [1.165, 1.54) is 22.7 Å². The summed E-state index contributed by atoms with van der Waals surface area (Å²) in [6, 6.07) is 13.1. The maximum Gasteiger partial charge on any atom is 0.319 e. The van der Waals surface area contributed by atoms with E-state index in [4.69, 9.17) is 5.73 Å². The highest BCUT2D eigenvalue weighted by Crippen LogP contribution is 2.15. The number of hydrogen-bond acceptors (Lipinski definition) is 8. The number of anilines is 4. The lowest BCUT2D eigenvalue weighted by Crippen LogP contribution is -2.43. The molecule has 0 bridgehead atoms. The van der Waals surface area contributed by atoms with Gasteiger partial charge in [-0.25, -0.2) is 14.8 Å². The average molecular weight is 538 g/mol. The largest absolute Gasteiger partial charge is 0.399 e. The Bertz CT molecular complexity index is 1300. The Morgan fingerprint density at radius 2 is 1.19 bits per heavy atom. The number of amides is 4. The molecular weight excluding hydrogens is 510 g/mol. The molecule has 12 heteroatoms. The second-order valence-corrected chi connectivity index (χ2v) is 10.4. The molecule has 0 fully saturated rings. The minimum absolute atomic E-state index is 0.176. The van der Waals surface area contributed by atoms with Crippen molar-refractivity contribution in [1.29, 1.82) is 0 Å². The molecule has 2 heterocycles. The van der Waals surface area contributed by atoms with Gasteiger partial charge < -0.3 is 16.4 Å². The van der Waals surface area contributed by atoms with Gasteiger partial charge in [-0.15, -0.1) is 22.7 Å². The molecule has 0 aliphatic heterocycles. The van der Waals surface area contributed by atoms with Gasteiger partial charge in [-0.1, -0.05) is 0 Å². The zero-order valence-corrected chi connectivity index (χ0v) is 22.1. The van der Waals surface area contributed by atoms with Crippen molar-refractivity contribution in [2.24, 2.45) is 0 Å². The van der Waals surface area contributed by atoms with Crippen molar-refractivity contribution in [3.8, 4) is 0 Å². The van der Waals surface area contributed by atoms with Gasteiger partial charge in [0.15, 0.2) is 10.3 Å². The Labute approximate surface area is 222 Å². The van der Waals surface area contributed by atoms with Gasteiger partial charge in [-0.3, -0.25) is 20.2 Å². The van der Waals surface area contributed by atoms with Gasteiger partial charge in [0.1, 0.15) is 0 Å². The first kappa shape index (κ1) is 27.3. The van der Waals surface area contributed by atoms with Crippen LogP contribution >= 0.6 is 22.7 Å². The summed E-state index contributed by atoms with van der Waals surface area (Å²) < 4.78 is 0. The average Bonchev–Trinajstić information content (AvgIpc) is 3.53. The monoisotopic (exact) mass is 537 g/mol. The summed E-state index contributed by atoms with van der Waals surface area (Å²) >= 11 is 2.74. The molecule has 0 unspecified atom stereocenters. The van der Waals surface area contributed by atoms with E-state index in [0.717, 1.165) is 0 Å². The third-order valence-corrected chi connectivity index (χ3v) is 5.75. The number of nitrogens with two attached hydrogens (primary N) is 1. The maximum absolute atomic E-state index is 12.0. The Balaban J connectivity index is 0.000000220. The van der Waals surface area contributed by atoms with Crippen molar-refractivity contribution in [2.75, 3.05) is 21.7 Å². The molecule has 0 saturated carbocycles. The number of nitrogens with zero attached hydrogens (tertiary/aromatic N) is 2. The fourth-order valence-corrected chi connectivity index (χ4v) is 3.80. The number of hydrogen-bond donors (Lipinski definition) is 5. The number of nitrogens with one attached hydrogen (secondary N) is 4. The summed E-state index contributed by atoms with van der Waals surface area (Å²) in [6.45, 7) is 5.70. The van der Waals surface area contributed by atoms with E-state index in [2.05, 4.69) is 31.2 Å². The Morgan fingerprint density at radius 3 is 1.59 bits per heavy atom. The Kier molecular flexibility index (Phi) is 9.30. The number of urea groups is 1. The van der Waals surface area contributed by atoms with Crippen molar-refractivity contribution in [3.05, 3.63) is 82.8 Å². The Morgan fingerprint density at radius 1 is 0.730 bits per heavy atom. The van der Waals surface area contributed by atoms with Crippen molar-refractivity contribution in [1.82, 2.24) is 15.3 Å². The highest BCUT2D eigenvalue weighted by atomic mass is 32.1. The molecule has 2 aromatic heterocycles. The Hall–Kier alpha value is -4.29. The summed E-state index contributed by atoms with van der Waals surface area (Å²) in [7, 11) is 0. The van der Waals surface area contributed by atoms with E-state index < -0.39 is 0 Å². The van der Waals surface area contributed by atoms with E-state index in [1.54, 1.807) is 71.7 Å². The van der Waals surface area contributed by atoms with Crippen LogP contribution in [0.2, 0.25) is 0 Å². The summed E-state index contributed by atoms with van der Waals surface area (Å²) in [4.78, 5) is 43.3. The highest BCUT2D eigenvalue weighted by molar-refractivity contribution is 7.14. The van der Waals surface area contributed by atoms with Crippen LogP contribution in [-0.2, 0) is 0 Å². The van der Waals surface area contributed by atoms with E-state index in [0.29, 0.717) is 32.8 Å². The number of carbonyl (C=O) groups is 3. The van der Waals surface area contributed by atoms with Crippen LogP contribution in [0.3, 0.4) is 0 Å². The number of rotatable bonds is 5. The minimum atomic E-state index is -0.308. The number of aromatic nitrogens is 2. The topological polar surface area (TPSA) is 151 Å². The number of benzene rings is 2. The SMILES string of the molecule is CC(C)(C)NC(=O)Nc1ccc(C(=O)Nc2nccs2)cc1.Nc1ccc(C(=O)Nc2nccs2)cc1. The van der Waals surface area contributed by atoms with Gasteiger partial charge in [0.25, 0.3) is 11.8 Å². The lowest BCUT2D eigenvalue weighted by molar-refractivity contribution is 0.101. The lowest BCUT2D eigenvalue weighted by Gasteiger charge is -2.20. The molecule has 0 spiro atoms. The van der Waals surface area contributed by atoms with Crippen LogP contribution in [0, 0.1) is 0 Å². The molecule has 0 radical (unpaired) electrons. The van der Waals surface area contributed by atoms with Crippen molar-refractivity contribution in [3.63, 3.8) is 0 Å². The maximum atomic E-state index is 12.0. The highest BCUT2D eigenvalue weighted by Gasteiger charge is 2.14. The molecule has 0 aliphatic carbocycles. The van der Waals surface area contributed by atoms with Crippen molar-refractivity contribution >= 4 is 62.2 Å². The molecule has 0 aliphatic rings. The quantitative estimate of drug-likeness (QED) is 0.218. The molecule has 0 saturated heterocycles. The first-order valence-corrected chi connectivity index (χ1v) is 12.8. The predicted molar refractivity (Wildman–Crippen MR) is 149 cm³/mol. The van der Waals surface area contributed by atoms with Crippen LogP contribution < -0.4 is 27.0 Å². The van der Waals surface area contributed by atoms with Crippen molar-refractivity contribution in [2.45, 2.75) is 26.3 Å². The van der Waals surface area contributed by atoms with Crippen LogP contribution in [0.25, 0.3) is 0 Å². The molecule has 4 rings (SSSR count). The van der Waals surface area contributed by atoms with Crippen LogP contribution in [0.4, 0.5) is 26.4 Å². The van der Waals surface area contributed by atoms with Crippen LogP contribution in [-0.4, -0.2) is 33.4 Å². The molecule has 4 amide bonds. The third-order valence-electron chi connectivity index (χ3n) is 4.37. The normalized spacial score (nSPS) is 10.5. The van der Waals surface area contributed by atoms with Gasteiger partial charge in [0.2, 0.25) is 0 Å². The summed E-state index contributed by atoms with van der Waals surface area (Å²) in [5.41, 5.74) is 7.54. The van der Waals surface area contributed by atoms with Crippen LogP contribution in [0.1, 0.15) is 41.5 Å². The van der Waals surface area contributed by atoms with E-state index in [-0.39, 0.29) is 23.4 Å². The van der Waals surface area contributed by atoms with Gasteiger partial charge in [0, 0.05) is 51.2 Å². The van der Waals surface area contributed by atoms with E-state index >= 15 is 0 Å². The standard InChI is InChI=1S/C15H18N4O2S.C10H9N3OS/c1-15(2,3)19-13(21)17-11-6-4-10(5-7-11)12(20)18-14-16-8-9-22-14;11-8-3-1-7(2-4-8)9(14)13-10-12-5-6-15-10/h4-9H,1-3H3,(H,16,18,20)(H2,17,19,21);1-6H,11H2,(H,12,13,14). The molecule has 192 valence electrons. The lowest BCUT2D eigenvalue weighted by atomic mass is 10.1. The number of nitrogen functional groups attached to an aromatic ring is 1. The molecule has 6 N–H and O–H groups in total. The summed E-state index contributed by atoms with van der Waals surface area (Å²) in [6.07, 6.45) is 3.27. The molecular formula is C25H27N7O3S2. The second-order valence-electron chi connectivity index (χ2n) is 8.61. The van der Waals surface area contributed by atoms with Crippen LogP contribution in [0.15, 0.2) is 71.7 Å². The molecule has 2 aromatic carbocycles. The number of thiazole rings is 2. The molecule has 37 heavy (non-hydrogen) atoms. The van der Waals surface area contributed by atoms with Gasteiger partial charge in [-0.2, -0.15) is 0 Å². The van der Waals surface area contributed by atoms with Crippen molar-refractivity contribution < 1.29 is 14.4 Å². The van der Waals surface area contributed by atoms with Gasteiger partial charge in [-0.05, 0) is 69.3 Å². The molecule has 4 aromatic rings. The zero-order valence-electron chi connectivity index (χ0n) is 20.4. The summed E-state index contributed by atoms with van der Waals surface area (Å²) in [5, 5.41) is 15.6. The zero-order chi connectivity index (χ0) is 26.8. The fourth-order valence-electron chi connectivity index (χ4n) is 2.75. The number of carbonyl (C=O) groups excluding carboxylic acids is 3. The van der Waals surface area contributed by atoms with E-state index in [1.807, 2.05) is 20.8 Å². The van der Waals surface area contributed by atoms with Gasteiger partial charge >= 0.3 is 6.03 Å². The van der Waals surface area contributed by atoms with E-state index in [9.17, 15) is 14.4 Å². The molecule has 0 atom stereocenters. The second kappa shape index (κ2) is 12.6. The summed E-state index contributed by atoms with van der Waals surface area (Å²) in [5.74, 6) is -0.411.